The number of fused-ring (bicyclic) bond motifs is 1. The minimum Gasteiger partial charge on any atom is -0.388 e. The van der Waals surface area contributed by atoms with Gasteiger partial charge < -0.3 is 19.3 Å². The normalized spacial score (nSPS) is 38.3. The van der Waals surface area contributed by atoms with Gasteiger partial charge in [0.2, 0.25) is 0 Å². The lowest BCUT2D eigenvalue weighted by Gasteiger charge is -2.21. The molecule has 2 aliphatic rings. The van der Waals surface area contributed by atoms with Crippen LogP contribution in [0, 0.1) is 0 Å². The summed E-state index contributed by atoms with van der Waals surface area (Å²) in [6.07, 6.45) is 4.30. The Kier molecular flexibility index (Phi) is 4.79. The zero-order valence-electron chi connectivity index (χ0n) is 10.8. The number of unbranched alkanes of at least 4 members (excludes halogenated alkanes) is 2. The minimum atomic E-state index is -0.482. The van der Waals surface area contributed by atoms with Crippen LogP contribution in [0.15, 0.2) is 0 Å². The first-order valence-corrected chi connectivity index (χ1v) is 6.79. The molecule has 2 fully saturated rings. The van der Waals surface area contributed by atoms with Crippen LogP contribution < -0.4 is 0 Å². The molecule has 2 saturated heterocycles. The fourth-order valence-electron chi connectivity index (χ4n) is 2.61. The van der Waals surface area contributed by atoms with Gasteiger partial charge in [0, 0.05) is 0 Å². The van der Waals surface area contributed by atoms with Crippen molar-refractivity contribution in [2.24, 2.45) is 0 Å². The van der Waals surface area contributed by atoms with Crippen LogP contribution in [0.3, 0.4) is 0 Å². The van der Waals surface area contributed by atoms with E-state index in [9.17, 15) is 5.11 Å². The number of aliphatic hydroxyl groups excluding tert-OH is 1. The van der Waals surface area contributed by atoms with Gasteiger partial charge in [-0.1, -0.05) is 26.2 Å². The number of hydrogen-bond donors (Lipinski definition) is 1. The van der Waals surface area contributed by atoms with E-state index in [2.05, 4.69) is 13.8 Å². The van der Waals surface area contributed by atoms with E-state index in [1.54, 1.807) is 0 Å². The maximum Gasteiger partial charge on any atom is 0.115 e. The van der Waals surface area contributed by atoms with Gasteiger partial charge in [-0.2, -0.15) is 0 Å². The molecule has 2 aliphatic heterocycles. The summed E-state index contributed by atoms with van der Waals surface area (Å²) in [6.45, 7) is 5.23. The zero-order valence-corrected chi connectivity index (χ0v) is 10.8. The third kappa shape index (κ3) is 3.19. The van der Waals surface area contributed by atoms with Gasteiger partial charge in [-0.3, -0.25) is 0 Å². The molecule has 2 heterocycles. The molecule has 5 atom stereocenters. The minimum absolute atomic E-state index is 0.00576. The van der Waals surface area contributed by atoms with Crippen molar-refractivity contribution in [3.8, 4) is 0 Å². The SMILES string of the molecule is CCCCCC(C)O[C@H]1CO[C@H]2[C@@H]1OC[C@H]2O. The Bertz CT molecular complexity index is 233. The van der Waals surface area contributed by atoms with Crippen molar-refractivity contribution in [1.82, 2.24) is 0 Å². The van der Waals surface area contributed by atoms with E-state index in [1.165, 1.54) is 19.3 Å². The molecule has 17 heavy (non-hydrogen) atoms. The summed E-state index contributed by atoms with van der Waals surface area (Å²) in [4.78, 5) is 0. The Morgan fingerprint density at radius 2 is 2.00 bits per heavy atom. The average Bonchev–Trinajstić information content (AvgIpc) is 2.84. The van der Waals surface area contributed by atoms with Crippen molar-refractivity contribution in [3.05, 3.63) is 0 Å². The van der Waals surface area contributed by atoms with Gasteiger partial charge in [0.25, 0.3) is 0 Å². The zero-order chi connectivity index (χ0) is 12.3. The first-order chi connectivity index (χ1) is 8.22. The Morgan fingerprint density at radius 3 is 2.76 bits per heavy atom. The highest BCUT2D eigenvalue weighted by molar-refractivity contribution is 4.95. The molecule has 4 nitrogen and oxygen atoms in total. The van der Waals surface area contributed by atoms with Crippen LogP contribution in [-0.4, -0.2) is 48.8 Å². The van der Waals surface area contributed by atoms with Gasteiger partial charge in [-0.05, 0) is 13.3 Å². The van der Waals surface area contributed by atoms with Crippen molar-refractivity contribution in [1.29, 1.82) is 0 Å². The highest BCUT2D eigenvalue weighted by atomic mass is 16.6. The van der Waals surface area contributed by atoms with Gasteiger partial charge in [-0.15, -0.1) is 0 Å². The molecular weight excluding hydrogens is 220 g/mol. The quantitative estimate of drug-likeness (QED) is 0.719. The predicted octanol–water partition coefficient (Wildman–Crippen LogP) is 1.50. The average molecular weight is 244 g/mol. The summed E-state index contributed by atoms with van der Waals surface area (Å²) in [7, 11) is 0. The molecule has 2 rings (SSSR count). The van der Waals surface area contributed by atoms with E-state index < -0.39 is 6.10 Å². The van der Waals surface area contributed by atoms with Crippen LogP contribution >= 0.6 is 0 Å². The largest absolute Gasteiger partial charge is 0.388 e. The molecule has 0 radical (unpaired) electrons. The summed E-state index contributed by atoms with van der Waals surface area (Å²) in [5, 5.41) is 9.62. The third-order valence-electron chi connectivity index (χ3n) is 3.60. The van der Waals surface area contributed by atoms with E-state index in [0.717, 1.165) is 6.42 Å². The predicted molar refractivity (Wildman–Crippen MR) is 64.0 cm³/mol. The van der Waals surface area contributed by atoms with Gasteiger partial charge in [0.05, 0.1) is 19.3 Å². The highest BCUT2D eigenvalue weighted by Gasteiger charge is 2.48. The van der Waals surface area contributed by atoms with Crippen molar-refractivity contribution in [3.63, 3.8) is 0 Å². The van der Waals surface area contributed by atoms with Crippen LogP contribution in [-0.2, 0) is 14.2 Å². The molecule has 0 spiro atoms. The first kappa shape index (κ1) is 13.3. The lowest BCUT2D eigenvalue weighted by molar-refractivity contribution is -0.0689. The number of aliphatic hydroxyl groups is 1. The Balaban J connectivity index is 1.72. The molecule has 0 aliphatic carbocycles. The first-order valence-electron chi connectivity index (χ1n) is 6.79. The molecule has 1 N–H and O–H groups in total. The van der Waals surface area contributed by atoms with Gasteiger partial charge in [0.15, 0.2) is 0 Å². The smallest absolute Gasteiger partial charge is 0.115 e. The van der Waals surface area contributed by atoms with Crippen LogP contribution in [0.5, 0.6) is 0 Å². The van der Waals surface area contributed by atoms with Crippen LogP contribution in [0.2, 0.25) is 0 Å². The fraction of sp³-hybridized carbons (Fsp3) is 1.00. The van der Waals surface area contributed by atoms with Crippen LogP contribution in [0.25, 0.3) is 0 Å². The summed E-state index contributed by atoms with van der Waals surface area (Å²) in [6, 6.07) is 0. The van der Waals surface area contributed by atoms with E-state index in [-0.39, 0.29) is 24.4 Å². The second kappa shape index (κ2) is 6.14. The van der Waals surface area contributed by atoms with Crippen LogP contribution in [0.1, 0.15) is 39.5 Å². The molecule has 100 valence electrons. The maximum atomic E-state index is 9.62. The topological polar surface area (TPSA) is 47.9 Å². The van der Waals surface area contributed by atoms with Gasteiger partial charge in [-0.25, -0.2) is 0 Å². The molecule has 0 amide bonds. The van der Waals surface area contributed by atoms with Gasteiger partial charge in [0.1, 0.15) is 24.4 Å². The summed E-state index contributed by atoms with van der Waals surface area (Å²) >= 11 is 0. The van der Waals surface area contributed by atoms with Crippen molar-refractivity contribution < 1.29 is 19.3 Å². The lowest BCUT2D eigenvalue weighted by Crippen LogP contribution is -2.34. The Hall–Kier alpha value is -0.160. The Morgan fingerprint density at radius 1 is 1.24 bits per heavy atom. The fourth-order valence-corrected chi connectivity index (χ4v) is 2.61. The lowest BCUT2D eigenvalue weighted by atomic mass is 10.1. The van der Waals surface area contributed by atoms with E-state index >= 15 is 0 Å². The molecule has 0 saturated carbocycles. The molecule has 0 aromatic carbocycles. The summed E-state index contributed by atoms with van der Waals surface area (Å²) < 4.78 is 17.0. The molecule has 0 aromatic heterocycles. The standard InChI is InChI=1S/C13H24O4/c1-3-4-5-6-9(2)17-11-8-16-12-10(14)7-15-13(11)12/h9-14H,3-8H2,1-2H3/t9?,10-,11+,12-,13-/m1/s1. The summed E-state index contributed by atoms with van der Waals surface area (Å²) in [5.41, 5.74) is 0. The molecule has 4 heteroatoms. The van der Waals surface area contributed by atoms with Crippen LogP contribution in [0.4, 0.5) is 0 Å². The second-order valence-electron chi connectivity index (χ2n) is 5.14. The molecular formula is C13H24O4. The third-order valence-corrected chi connectivity index (χ3v) is 3.60. The monoisotopic (exact) mass is 244 g/mol. The van der Waals surface area contributed by atoms with Crippen molar-refractivity contribution in [2.75, 3.05) is 13.2 Å². The van der Waals surface area contributed by atoms with Crippen molar-refractivity contribution in [2.45, 2.75) is 70.1 Å². The summed E-state index contributed by atoms with van der Waals surface area (Å²) in [5.74, 6) is 0. The number of rotatable bonds is 6. The molecule has 0 aromatic rings. The molecule has 1 unspecified atom stereocenters. The Labute approximate surface area is 103 Å². The van der Waals surface area contributed by atoms with E-state index in [0.29, 0.717) is 13.2 Å². The van der Waals surface area contributed by atoms with Gasteiger partial charge >= 0.3 is 0 Å². The van der Waals surface area contributed by atoms with E-state index in [4.69, 9.17) is 14.2 Å². The van der Waals surface area contributed by atoms with E-state index in [1.807, 2.05) is 0 Å². The number of ether oxygens (including phenoxy) is 3. The highest BCUT2D eigenvalue weighted by Crippen LogP contribution is 2.29. The van der Waals surface area contributed by atoms with Crippen molar-refractivity contribution >= 4 is 0 Å². The number of hydrogen-bond acceptors (Lipinski definition) is 4. The molecule has 0 bridgehead atoms. The second-order valence-corrected chi connectivity index (χ2v) is 5.14. The maximum absolute atomic E-state index is 9.62.